The number of β-amino-alcohol motifs (C(OH)–C–C–N with tert-alkyl or cyclic N) is 1. The molecule has 4 heteroatoms. The summed E-state index contributed by atoms with van der Waals surface area (Å²) in [5.41, 5.74) is 2.54. The van der Waals surface area contributed by atoms with Gasteiger partial charge in [0.05, 0.1) is 13.1 Å². The highest BCUT2D eigenvalue weighted by molar-refractivity contribution is 5.78. The van der Waals surface area contributed by atoms with Gasteiger partial charge in [0, 0.05) is 6.54 Å². The van der Waals surface area contributed by atoms with E-state index < -0.39 is 5.60 Å². The number of likely N-dealkylation sites (tertiary alicyclic amines) is 2. The summed E-state index contributed by atoms with van der Waals surface area (Å²) < 4.78 is 0. The Bertz CT molecular complexity index is 814. The van der Waals surface area contributed by atoms with Crippen molar-refractivity contribution in [3.63, 3.8) is 0 Å². The first-order chi connectivity index (χ1) is 13.5. The average molecular weight is 379 g/mol. The first kappa shape index (κ1) is 19.2. The predicted octanol–water partition coefficient (Wildman–Crippen LogP) is 3.29. The molecule has 2 aromatic carbocycles. The molecule has 1 unspecified atom stereocenters. The maximum Gasteiger partial charge on any atom is 0.236 e. The number of piperidine rings is 1. The number of amides is 1. The van der Waals surface area contributed by atoms with Crippen molar-refractivity contribution in [3.8, 4) is 0 Å². The van der Waals surface area contributed by atoms with Gasteiger partial charge >= 0.3 is 0 Å². The van der Waals surface area contributed by atoms with Gasteiger partial charge in [-0.15, -0.1) is 0 Å². The summed E-state index contributed by atoms with van der Waals surface area (Å²) in [4.78, 5) is 17.0. The average Bonchev–Trinajstić information content (AvgIpc) is 3.13. The molecule has 2 saturated heterocycles. The Morgan fingerprint density at radius 1 is 1.04 bits per heavy atom. The van der Waals surface area contributed by atoms with Crippen LogP contribution >= 0.6 is 0 Å². The lowest BCUT2D eigenvalue weighted by Gasteiger charge is -2.33. The van der Waals surface area contributed by atoms with E-state index in [1.54, 1.807) is 0 Å². The first-order valence-corrected chi connectivity index (χ1v) is 10.4. The Balaban J connectivity index is 1.31. The summed E-state index contributed by atoms with van der Waals surface area (Å²) >= 11 is 0. The quantitative estimate of drug-likeness (QED) is 0.888. The van der Waals surface area contributed by atoms with Crippen molar-refractivity contribution in [2.45, 2.75) is 37.7 Å². The highest BCUT2D eigenvalue weighted by atomic mass is 16.3. The number of carbonyl (C=O) groups is 1. The van der Waals surface area contributed by atoms with Gasteiger partial charge in [-0.25, -0.2) is 0 Å². The predicted molar refractivity (Wildman–Crippen MR) is 111 cm³/mol. The molecule has 0 spiro atoms. The van der Waals surface area contributed by atoms with Crippen molar-refractivity contribution in [2.24, 2.45) is 0 Å². The number of rotatable bonds is 4. The fraction of sp³-hybridized carbons (Fsp3) is 0.458. The lowest BCUT2D eigenvalue weighted by Crippen LogP contribution is -2.43. The maximum absolute atomic E-state index is 12.8. The van der Waals surface area contributed by atoms with Gasteiger partial charge in [-0.3, -0.25) is 9.69 Å². The topological polar surface area (TPSA) is 43.8 Å². The molecule has 0 radical (unpaired) electrons. The molecule has 148 valence electrons. The molecule has 1 amide bonds. The van der Waals surface area contributed by atoms with E-state index in [2.05, 4.69) is 35.2 Å². The van der Waals surface area contributed by atoms with Crippen molar-refractivity contribution in [1.82, 2.24) is 9.80 Å². The molecule has 28 heavy (non-hydrogen) atoms. The van der Waals surface area contributed by atoms with Gasteiger partial charge in [0.25, 0.3) is 0 Å². The molecule has 1 atom stereocenters. The lowest BCUT2D eigenvalue weighted by molar-refractivity contribution is -0.132. The van der Waals surface area contributed by atoms with Crippen LogP contribution in [0, 0.1) is 6.92 Å². The molecule has 1 N–H and O–H groups in total. The van der Waals surface area contributed by atoms with Crippen molar-refractivity contribution in [3.05, 3.63) is 71.3 Å². The monoisotopic (exact) mass is 378 g/mol. The van der Waals surface area contributed by atoms with Crippen LogP contribution in [0.5, 0.6) is 0 Å². The SMILES string of the molecule is Cc1ccccc1C1(O)CCN(C(=O)CN2CCC(c3ccccc3)CC2)C1. The molecule has 2 aliphatic rings. The standard InChI is InChI=1S/C24H30N2O2/c1-19-7-5-6-10-22(19)24(28)13-16-26(18-24)23(27)17-25-14-11-21(12-15-25)20-8-3-2-4-9-20/h2-10,21,28H,11-18H2,1H3. The second kappa shape index (κ2) is 8.06. The third-order valence-corrected chi connectivity index (χ3v) is 6.46. The molecule has 2 fully saturated rings. The van der Waals surface area contributed by atoms with E-state index in [9.17, 15) is 9.90 Å². The van der Waals surface area contributed by atoms with Crippen LogP contribution < -0.4 is 0 Å². The molecule has 4 nitrogen and oxygen atoms in total. The van der Waals surface area contributed by atoms with Gasteiger partial charge in [-0.2, -0.15) is 0 Å². The van der Waals surface area contributed by atoms with Crippen LogP contribution in [0.4, 0.5) is 0 Å². The van der Waals surface area contributed by atoms with E-state index in [1.807, 2.05) is 36.1 Å². The van der Waals surface area contributed by atoms with Gasteiger partial charge in [0.1, 0.15) is 5.60 Å². The van der Waals surface area contributed by atoms with Gasteiger partial charge < -0.3 is 10.0 Å². The number of hydrogen-bond acceptors (Lipinski definition) is 3. The third-order valence-electron chi connectivity index (χ3n) is 6.46. The molecule has 0 bridgehead atoms. The van der Waals surface area contributed by atoms with Crippen molar-refractivity contribution < 1.29 is 9.90 Å². The van der Waals surface area contributed by atoms with Crippen molar-refractivity contribution in [1.29, 1.82) is 0 Å². The van der Waals surface area contributed by atoms with Crippen LogP contribution in [-0.4, -0.2) is 53.5 Å². The third kappa shape index (κ3) is 3.98. The van der Waals surface area contributed by atoms with E-state index in [0.717, 1.165) is 37.1 Å². The van der Waals surface area contributed by atoms with Gasteiger partial charge in [-0.05, 0) is 61.9 Å². The highest BCUT2D eigenvalue weighted by Crippen LogP contribution is 2.34. The van der Waals surface area contributed by atoms with Gasteiger partial charge in [0.2, 0.25) is 5.91 Å². The number of benzene rings is 2. The normalized spacial score (nSPS) is 23.9. The molecule has 0 aliphatic carbocycles. The maximum atomic E-state index is 12.8. The second-order valence-corrected chi connectivity index (χ2v) is 8.37. The molecule has 0 aromatic heterocycles. The van der Waals surface area contributed by atoms with Crippen molar-refractivity contribution >= 4 is 5.91 Å². The van der Waals surface area contributed by atoms with E-state index in [4.69, 9.17) is 0 Å². The number of hydrogen-bond donors (Lipinski definition) is 1. The van der Waals surface area contributed by atoms with E-state index in [0.29, 0.717) is 32.0 Å². The summed E-state index contributed by atoms with van der Waals surface area (Å²) in [5.74, 6) is 0.744. The minimum Gasteiger partial charge on any atom is -0.383 e. The van der Waals surface area contributed by atoms with E-state index in [1.165, 1.54) is 5.56 Å². The lowest BCUT2D eigenvalue weighted by atomic mass is 9.89. The zero-order valence-corrected chi connectivity index (χ0v) is 16.7. The summed E-state index contributed by atoms with van der Waals surface area (Å²) in [6.07, 6.45) is 2.81. The van der Waals surface area contributed by atoms with Crippen LogP contribution in [0.2, 0.25) is 0 Å². The molecule has 0 saturated carbocycles. The molecule has 4 rings (SSSR count). The van der Waals surface area contributed by atoms with E-state index >= 15 is 0 Å². The van der Waals surface area contributed by atoms with Gasteiger partial charge in [-0.1, -0.05) is 54.6 Å². The Morgan fingerprint density at radius 2 is 1.71 bits per heavy atom. The molecule has 2 aromatic rings. The van der Waals surface area contributed by atoms with Gasteiger partial charge in [0.15, 0.2) is 0 Å². The summed E-state index contributed by atoms with van der Waals surface area (Å²) in [7, 11) is 0. The highest BCUT2D eigenvalue weighted by Gasteiger charge is 2.40. The van der Waals surface area contributed by atoms with Crippen LogP contribution in [0.1, 0.15) is 41.9 Å². The molecular formula is C24H30N2O2. The Hall–Kier alpha value is -2.17. The summed E-state index contributed by atoms with van der Waals surface area (Å²) in [5, 5.41) is 11.1. The minimum atomic E-state index is -0.915. The number of aryl methyl sites for hydroxylation is 1. The fourth-order valence-corrected chi connectivity index (χ4v) is 4.76. The zero-order chi connectivity index (χ0) is 19.6. The smallest absolute Gasteiger partial charge is 0.236 e. The van der Waals surface area contributed by atoms with Crippen LogP contribution in [-0.2, 0) is 10.4 Å². The summed E-state index contributed by atoms with van der Waals surface area (Å²) in [6.45, 7) is 5.43. The number of aliphatic hydroxyl groups is 1. The minimum absolute atomic E-state index is 0.141. The second-order valence-electron chi connectivity index (χ2n) is 8.37. The van der Waals surface area contributed by atoms with Crippen LogP contribution in [0.15, 0.2) is 54.6 Å². The molecular weight excluding hydrogens is 348 g/mol. The molecule has 2 heterocycles. The van der Waals surface area contributed by atoms with E-state index in [-0.39, 0.29) is 5.91 Å². The Labute approximate surface area is 167 Å². The number of nitrogens with zero attached hydrogens (tertiary/aromatic N) is 2. The molecule has 2 aliphatic heterocycles. The van der Waals surface area contributed by atoms with Crippen LogP contribution in [0.3, 0.4) is 0 Å². The Morgan fingerprint density at radius 3 is 2.43 bits per heavy atom. The largest absolute Gasteiger partial charge is 0.383 e. The first-order valence-electron chi connectivity index (χ1n) is 10.4. The van der Waals surface area contributed by atoms with Crippen molar-refractivity contribution in [2.75, 3.05) is 32.7 Å². The van der Waals surface area contributed by atoms with Crippen LogP contribution in [0.25, 0.3) is 0 Å². The zero-order valence-electron chi connectivity index (χ0n) is 16.7. The fourth-order valence-electron chi connectivity index (χ4n) is 4.76. The summed E-state index contributed by atoms with van der Waals surface area (Å²) in [6, 6.07) is 18.6. The number of carbonyl (C=O) groups excluding carboxylic acids is 1. The Kier molecular flexibility index (Phi) is 5.51.